The van der Waals surface area contributed by atoms with Gasteiger partial charge in [0.25, 0.3) is 11.1 Å². The summed E-state index contributed by atoms with van der Waals surface area (Å²) >= 11 is 0. The maximum Gasteiger partial charge on any atom is 0.258 e. The van der Waals surface area contributed by atoms with Crippen LogP contribution in [0.5, 0.6) is 11.5 Å². The largest absolute Gasteiger partial charge is 0.507 e. The number of nitrogens with zero attached hydrogens (tertiary/aromatic N) is 2. The van der Waals surface area contributed by atoms with Gasteiger partial charge < -0.3 is 28.8 Å². The molecule has 8 heteroatoms. The molecule has 31 heavy (non-hydrogen) atoms. The highest BCUT2D eigenvalue weighted by Gasteiger charge is 2.46. The van der Waals surface area contributed by atoms with Crippen molar-refractivity contribution in [2.75, 3.05) is 27.4 Å². The Bertz CT molecular complexity index is 984. The lowest BCUT2D eigenvalue weighted by Gasteiger charge is -2.31. The molecule has 1 aliphatic rings. The van der Waals surface area contributed by atoms with Crippen molar-refractivity contribution in [3.05, 3.63) is 55.4 Å². The molecule has 3 rings (SSSR count). The van der Waals surface area contributed by atoms with Gasteiger partial charge in [0, 0.05) is 44.1 Å². The van der Waals surface area contributed by atoms with Crippen molar-refractivity contribution >= 4 is 0 Å². The van der Waals surface area contributed by atoms with Gasteiger partial charge in [-0.05, 0) is 38.8 Å². The molecule has 1 aliphatic carbocycles. The molecular formula is C23H32N2O6. The predicted molar refractivity (Wildman–Crippen MR) is 117 cm³/mol. The number of ether oxygens (including phenoxy) is 2. The van der Waals surface area contributed by atoms with Gasteiger partial charge in [-0.1, -0.05) is 12.8 Å². The summed E-state index contributed by atoms with van der Waals surface area (Å²) in [6.07, 6.45) is 2.57. The Morgan fingerprint density at radius 1 is 0.839 bits per heavy atom. The quantitative estimate of drug-likeness (QED) is 0.663. The molecule has 0 aromatic carbocycles. The molecule has 2 N–H and O–H groups in total. The first-order valence-electron chi connectivity index (χ1n) is 10.6. The van der Waals surface area contributed by atoms with Gasteiger partial charge in [-0.2, -0.15) is 0 Å². The molecule has 0 saturated heterocycles. The summed E-state index contributed by atoms with van der Waals surface area (Å²) in [5.41, 5.74) is -0.155. The highest BCUT2D eigenvalue weighted by atomic mass is 16.5. The fourth-order valence-corrected chi connectivity index (χ4v) is 4.93. The summed E-state index contributed by atoms with van der Waals surface area (Å²) in [6, 6.07) is 3.11. The molecular weight excluding hydrogens is 400 g/mol. The molecule has 0 unspecified atom stereocenters. The van der Waals surface area contributed by atoms with E-state index in [9.17, 15) is 19.8 Å². The van der Waals surface area contributed by atoms with E-state index in [0.717, 1.165) is 12.8 Å². The Kier molecular flexibility index (Phi) is 6.91. The molecule has 0 aliphatic heterocycles. The van der Waals surface area contributed by atoms with E-state index in [0.29, 0.717) is 50.5 Å². The minimum atomic E-state index is -1.05. The van der Waals surface area contributed by atoms with Crippen LogP contribution in [0.15, 0.2) is 21.7 Å². The SMILES string of the molecule is COCCn1c(C)cc(O)c(C2(c3c(O)cc(C)n(CCOC)c3=O)CCCC2)c1=O. The fourth-order valence-electron chi connectivity index (χ4n) is 4.93. The Morgan fingerprint density at radius 3 is 1.58 bits per heavy atom. The first kappa shape index (κ1) is 23.1. The highest BCUT2D eigenvalue weighted by Crippen LogP contribution is 2.49. The van der Waals surface area contributed by atoms with Crippen LogP contribution >= 0.6 is 0 Å². The van der Waals surface area contributed by atoms with Crippen molar-refractivity contribution < 1.29 is 19.7 Å². The van der Waals surface area contributed by atoms with Crippen LogP contribution in [0.1, 0.15) is 48.2 Å². The standard InChI is InChI=1S/C23H32N2O6/c1-15-13-17(26)19(21(28)24(15)9-11-30-3)23(7-5-6-8-23)20-18(27)14-16(2)25(22(20)29)10-12-31-4/h13-14,26-27H,5-12H2,1-4H3. The maximum absolute atomic E-state index is 13.6. The van der Waals surface area contributed by atoms with Crippen molar-refractivity contribution in [3.63, 3.8) is 0 Å². The molecule has 1 saturated carbocycles. The van der Waals surface area contributed by atoms with Gasteiger partial charge in [0.1, 0.15) is 11.5 Å². The predicted octanol–water partition coefficient (Wildman–Crippen LogP) is 2.19. The van der Waals surface area contributed by atoms with Gasteiger partial charge in [-0.3, -0.25) is 9.59 Å². The lowest BCUT2D eigenvalue weighted by molar-refractivity contribution is 0.184. The monoisotopic (exact) mass is 432 g/mol. The number of pyridine rings is 2. The molecule has 2 aromatic rings. The molecule has 2 heterocycles. The molecule has 0 amide bonds. The van der Waals surface area contributed by atoms with E-state index in [1.165, 1.54) is 0 Å². The van der Waals surface area contributed by atoms with Gasteiger partial charge in [0.15, 0.2) is 0 Å². The number of aryl methyl sites for hydroxylation is 2. The Labute approximate surface area is 181 Å². The van der Waals surface area contributed by atoms with E-state index in [-0.39, 0.29) is 33.7 Å². The van der Waals surface area contributed by atoms with Crippen LogP contribution in [0.2, 0.25) is 0 Å². The molecule has 0 bridgehead atoms. The summed E-state index contributed by atoms with van der Waals surface area (Å²) in [7, 11) is 3.12. The molecule has 170 valence electrons. The van der Waals surface area contributed by atoms with E-state index >= 15 is 0 Å². The third-order valence-electron chi connectivity index (χ3n) is 6.43. The molecule has 0 spiro atoms. The third-order valence-corrected chi connectivity index (χ3v) is 6.43. The first-order chi connectivity index (χ1) is 14.8. The van der Waals surface area contributed by atoms with Crippen molar-refractivity contribution in [3.8, 4) is 11.5 Å². The second-order valence-electron chi connectivity index (χ2n) is 8.28. The van der Waals surface area contributed by atoms with Crippen LogP contribution in [0.3, 0.4) is 0 Å². The highest BCUT2D eigenvalue weighted by molar-refractivity contribution is 5.51. The fraction of sp³-hybridized carbons (Fsp3) is 0.565. The summed E-state index contributed by atoms with van der Waals surface area (Å²) in [4.78, 5) is 27.1. The van der Waals surface area contributed by atoms with Crippen molar-refractivity contribution in [1.29, 1.82) is 0 Å². The van der Waals surface area contributed by atoms with Crippen molar-refractivity contribution in [2.24, 2.45) is 0 Å². The van der Waals surface area contributed by atoms with E-state index in [2.05, 4.69) is 0 Å². The molecule has 0 atom stereocenters. The lowest BCUT2D eigenvalue weighted by Crippen LogP contribution is -2.41. The summed E-state index contributed by atoms with van der Waals surface area (Å²) < 4.78 is 13.4. The normalized spacial score (nSPS) is 15.5. The zero-order valence-electron chi connectivity index (χ0n) is 18.7. The number of hydrogen-bond acceptors (Lipinski definition) is 6. The van der Waals surface area contributed by atoms with E-state index in [1.54, 1.807) is 49.3 Å². The average molecular weight is 433 g/mol. The van der Waals surface area contributed by atoms with Gasteiger partial charge in [0.05, 0.1) is 24.3 Å². The maximum atomic E-state index is 13.6. The number of aromatic nitrogens is 2. The molecule has 1 fully saturated rings. The van der Waals surface area contributed by atoms with E-state index in [4.69, 9.17) is 9.47 Å². The van der Waals surface area contributed by atoms with Gasteiger partial charge in [0.2, 0.25) is 0 Å². The first-order valence-corrected chi connectivity index (χ1v) is 10.6. The zero-order valence-corrected chi connectivity index (χ0v) is 18.7. The smallest absolute Gasteiger partial charge is 0.258 e. The summed E-state index contributed by atoms with van der Waals surface area (Å²) in [6.45, 7) is 4.87. The molecule has 2 aromatic heterocycles. The van der Waals surface area contributed by atoms with Gasteiger partial charge in [-0.15, -0.1) is 0 Å². The van der Waals surface area contributed by atoms with Crippen LogP contribution in [0.4, 0.5) is 0 Å². The van der Waals surface area contributed by atoms with Crippen LogP contribution < -0.4 is 11.1 Å². The van der Waals surface area contributed by atoms with Gasteiger partial charge >= 0.3 is 0 Å². The van der Waals surface area contributed by atoms with Crippen LogP contribution in [-0.4, -0.2) is 46.8 Å². The minimum absolute atomic E-state index is 0.138. The molecule has 8 nitrogen and oxygen atoms in total. The van der Waals surface area contributed by atoms with Crippen LogP contribution in [-0.2, 0) is 28.0 Å². The second-order valence-corrected chi connectivity index (χ2v) is 8.28. The van der Waals surface area contributed by atoms with Crippen molar-refractivity contribution in [1.82, 2.24) is 9.13 Å². The van der Waals surface area contributed by atoms with Crippen LogP contribution in [0.25, 0.3) is 0 Å². The Balaban J connectivity index is 2.31. The summed E-state index contributed by atoms with van der Waals surface area (Å²) in [5, 5.41) is 21.8. The second kappa shape index (κ2) is 9.28. The lowest BCUT2D eigenvalue weighted by atomic mass is 9.73. The van der Waals surface area contributed by atoms with Gasteiger partial charge in [-0.25, -0.2) is 0 Å². The number of rotatable bonds is 8. The number of aromatic hydroxyl groups is 2. The van der Waals surface area contributed by atoms with E-state index in [1.807, 2.05) is 0 Å². The summed E-state index contributed by atoms with van der Waals surface area (Å²) in [5.74, 6) is -0.276. The average Bonchev–Trinajstić information content (AvgIpc) is 3.17. The number of methoxy groups -OCH3 is 2. The minimum Gasteiger partial charge on any atom is -0.507 e. The zero-order chi connectivity index (χ0) is 22.8. The van der Waals surface area contributed by atoms with E-state index < -0.39 is 5.41 Å². The number of hydrogen-bond donors (Lipinski definition) is 2. The third kappa shape index (κ3) is 4.02. The Hall–Kier alpha value is -2.58. The van der Waals surface area contributed by atoms with Crippen molar-refractivity contribution in [2.45, 2.75) is 58.0 Å². The van der Waals surface area contributed by atoms with Crippen LogP contribution in [0, 0.1) is 13.8 Å². The molecule has 0 radical (unpaired) electrons. The Morgan fingerprint density at radius 2 is 1.23 bits per heavy atom. The topological polar surface area (TPSA) is 103 Å².